The molecule has 1 aromatic carbocycles. The summed E-state index contributed by atoms with van der Waals surface area (Å²) in [6, 6.07) is 3.66. The number of carbonyl (C=O) groups excluding carboxylic acids is 1. The summed E-state index contributed by atoms with van der Waals surface area (Å²) in [5.41, 5.74) is 2.29. The average molecular weight is 387 g/mol. The second kappa shape index (κ2) is 7.21. The monoisotopic (exact) mass is 387 g/mol. The minimum absolute atomic E-state index is 0.120. The number of rotatable bonds is 1. The molecule has 0 aliphatic carbocycles. The maximum atomic E-state index is 13.4. The van der Waals surface area contributed by atoms with Crippen molar-refractivity contribution in [1.82, 2.24) is 14.7 Å². The van der Waals surface area contributed by atoms with Gasteiger partial charge >= 0.3 is 6.03 Å². The number of aromatic nitrogens is 2. The van der Waals surface area contributed by atoms with Gasteiger partial charge in [0.2, 0.25) is 5.69 Å². The van der Waals surface area contributed by atoms with E-state index in [0.717, 1.165) is 28.5 Å². The zero-order chi connectivity index (χ0) is 19.0. The zero-order valence-corrected chi connectivity index (χ0v) is 15.3. The summed E-state index contributed by atoms with van der Waals surface area (Å²) in [6.07, 6.45) is 0.978. The highest BCUT2D eigenvalue weighted by Gasteiger charge is 2.29. The van der Waals surface area contributed by atoms with Crippen LogP contribution in [0.2, 0.25) is 0 Å². The molecule has 0 radical (unpaired) electrons. The molecule has 1 aromatic heterocycles. The van der Waals surface area contributed by atoms with E-state index >= 15 is 0 Å². The van der Waals surface area contributed by atoms with Crippen molar-refractivity contribution >= 4 is 29.2 Å². The van der Waals surface area contributed by atoms with Gasteiger partial charge in [-0.05, 0) is 24.6 Å². The smallest absolute Gasteiger partial charge is 0.322 e. The van der Waals surface area contributed by atoms with Crippen molar-refractivity contribution in [3.8, 4) is 0 Å². The highest BCUT2D eigenvalue weighted by Crippen LogP contribution is 2.33. The molecule has 0 saturated carbocycles. The Kier molecular flexibility index (Phi) is 4.76. The standard InChI is InChI=1S/C18H18FN5O2S/c1-20-16-8-11(2-3-14(16)19)21-18(26)23-6-4-15-13(10-23)17-24(22-15)9-12(25)5-7-27-17/h2-3,8,12,25H,4-7,9-10H2,(H,21,26). The number of hydrogen-bond acceptors (Lipinski definition) is 4. The fraction of sp³-hybridized carbons (Fsp3) is 0.389. The van der Waals surface area contributed by atoms with E-state index in [-0.39, 0.29) is 11.7 Å². The van der Waals surface area contributed by atoms with E-state index in [1.165, 1.54) is 18.2 Å². The van der Waals surface area contributed by atoms with Crippen LogP contribution < -0.4 is 5.32 Å². The topological polar surface area (TPSA) is 74.8 Å². The largest absolute Gasteiger partial charge is 0.391 e. The molecule has 7 nitrogen and oxygen atoms in total. The third-order valence-corrected chi connectivity index (χ3v) is 5.90. The summed E-state index contributed by atoms with van der Waals surface area (Å²) in [5, 5.41) is 18.3. The Labute approximate surface area is 160 Å². The van der Waals surface area contributed by atoms with E-state index in [9.17, 15) is 14.3 Å². The van der Waals surface area contributed by atoms with E-state index in [1.807, 2.05) is 4.68 Å². The molecule has 2 aliphatic heterocycles. The van der Waals surface area contributed by atoms with E-state index in [4.69, 9.17) is 6.57 Å². The fourth-order valence-electron chi connectivity index (χ4n) is 3.32. The van der Waals surface area contributed by atoms with Crippen LogP contribution >= 0.6 is 11.8 Å². The van der Waals surface area contributed by atoms with Crippen LogP contribution in [0.5, 0.6) is 0 Å². The molecule has 2 aromatic rings. The molecule has 0 spiro atoms. The molecule has 1 unspecified atom stereocenters. The number of amides is 2. The highest BCUT2D eigenvalue weighted by atomic mass is 32.2. The lowest BCUT2D eigenvalue weighted by molar-refractivity contribution is 0.145. The Hall–Kier alpha value is -2.57. The molecule has 4 rings (SSSR count). The van der Waals surface area contributed by atoms with E-state index in [1.54, 1.807) is 16.7 Å². The van der Waals surface area contributed by atoms with Crippen LogP contribution in [0.4, 0.5) is 20.6 Å². The second-order valence-corrected chi connectivity index (χ2v) is 7.67. The van der Waals surface area contributed by atoms with Crippen LogP contribution in [0.3, 0.4) is 0 Å². The first-order valence-electron chi connectivity index (χ1n) is 8.67. The van der Waals surface area contributed by atoms with Crippen LogP contribution in [0.15, 0.2) is 23.2 Å². The minimum Gasteiger partial charge on any atom is -0.391 e. The molecule has 3 heterocycles. The van der Waals surface area contributed by atoms with Crippen LogP contribution in [0, 0.1) is 12.4 Å². The summed E-state index contributed by atoms with van der Waals surface area (Å²) >= 11 is 1.67. The maximum Gasteiger partial charge on any atom is 0.322 e. The van der Waals surface area contributed by atoms with Crippen LogP contribution in [-0.2, 0) is 19.5 Å². The fourth-order valence-corrected chi connectivity index (χ4v) is 4.53. The van der Waals surface area contributed by atoms with Crippen molar-refractivity contribution in [3.05, 3.63) is 46.7 Å². The van der Waals surface area contributed by atoms with Crippen LogP contribution in [0.1, 0.15) is 17.7 Å². The van der Waals surface area contributed by atoms with Crippen molar-refractivity contribution in [2.45, 2.75) is 37.1 Å². The molecule has 0 bridgehead atoms. The number of carbonyl (C=O) groups is 1. The number of nitrogens with one attached hydrogen (secondary N) is 1. The molecule has 2 amide bonds. The second-order valence-electron chi connectivity index (χ2n) is 6.58. The summed E-state index contributed by atoms with van der Waals surface area (Å²) in [4.78, 5) is 17.4. The normalized spacial score (nSPS) is 18.9. The Morgan fingerprint density at radius 2 is 2.33 bits per heavy atom. The Morgan fingerprint density at radius 1 is 1.48 bits per heavy atom. The van der Waals surface area contributed by atoms with Gasteiger partial charge in [0.1, 0.15) is 5.82 Å². The van der Waals surface area contributed by atoms with Crippen molar-refractivity contribution in [2.24, 2.45) is 0 Å². The molecule has 27 heavy (non-hydrogen) atoms. The lowest BCUT2D eigenvalue weighted by Gasteiger charge is -2.27. The van der Waals surface area contributed by atoms with Crippen molar-refractivity contribution in [2.75, 3.05) is 17.6 Å². The summed E-state index contributed by atoms with van der Waals surface area (Å²) in [6.45, 7) is 8.43. The maximum absolute atomic E-state index is 13.4. The number of anilines is 1. The Bertz CT molecular complexity index is 939. The van der Waals surface area contributed by atoms with E-state index in [0.29, 0.717) is 31.7 Å². The first kappa shape index (κ1) is 17.8. The predicted molar refractivity (Wildman–Crippen MR) is 99.4 cm³/mol. The van der Waals surface area contributed by atoms with Gasteiger partial charge in [0.15, 0.2) is 0 Å². The third-order valence-electron chi connectivity index (χ3n) is 4.73. The third kappa shape index (κ3) is 3.50. The summed E-state index contributed by atoms with van der Waals surface area (Å²) in [5.74, 6) is 0.216. The number of fused-ring (bicyclic) bond motifs is 3. The highest BCUT2D eigenvalue weighted by molar-refractivity contribution is 7.99. The van der Waals surface area contributed by atoms with Crippen LogP contribution in [-0.4, -0.2) is 44.2 Å². The molecule has 0 saturated heterocycles. The van der Waals surface area contributed by atoms with Gasteiger partial charge in [0.25, 0.3) is 0 Å². The number of halogens is 1. The molecule has 140 valence electrons. The minimum atomic E-state index is -0.604. The summed E-state index contributed by atoms with van der Waals surface area (Å²) in [7, 11) is 0. The molecule has 2 aliphatic rings. The van der Waals surface area contributed by atoms with Gasteiger partial charge in [-0.25, -0.2) is 14.0 Å². The number of thioether (sulfide) groups is 1. The first-order valence-corrected chi connectivity index (χ1v) is 9.66. The first-order chi connectivity index (χ1) is 13.0. The summed E-state index contributed by atoms with van der Waals surface area (Å²) < 4.78 is 15.3. The van der Waals surface area contributed by atoms with Gasteiger partial charge in [0.05, 0.1) is 36.5 Å². The van der Waals surface area contributed by atoms with Crippen molar-refractivity contribution < 1.29 is 14.3 Å². The van der Waals surface area contributed by atoms with Gasteiger partial charge in [-0.15, -0.1) is 11.8 Å². The molecule has 1 atom stereocenters. The van der Waals surface area contributed by atoms with Crippen molar-refractivity contribution in [3.63, 3.8) is 0 Å². The number of aliphatic hydroxyl groups excluding tert-OH is 1. The van der Waals surface area contributed by atoms with Gasteiger partial charge in [0, 0.05) is 30.0 Å². The molecule has 9 heteroatoms. The van der Waals surface area contributed by atoms with Gasteiger partial charge in [-0.2, -0.15) is 5.10 Å². The predicted octanol–water partition coefficient (Wildman–Crippen LogP) is 3.02. The van der Waals surface area contributed by atoms with E-state index < -0.39 is 11.9 Å². The lowest BCUT2D eigenvalue weighted by Crippen LogP contribution is -2.38. The molecular weight excluding hydrogens is 369 g/mol. The number of urea groups is 1. The Balaban J connectivity index is 1.51. The number of benzene rings is 1. The van der Waals surface area contributed by atoms with Gasteiger partial charge in [-0.3, -0.25) is 4.68 Å². The SMILES string of the molecule is [C-]#[N+]c1cc(NC(=O)N2CCc3nn4c(c3C2)SCCC(O)C4)ccc1F. The molecule has 0 fully saturated rings. The van der Waals surface area contributed by atoms with Gasteiger partial charge in [-0.1, -0.05) is 0 Å². The number of nitrogens with zero attached hydrogens (tertiary/aromatic N) is 4. The average Bonchev–Trinajstić information content (AvgIpc) is 2.88. The number of aliphatic hydroxyl groups is 1. The van der Waals surface area contributed by atoms with Crippen LogP contribution in [0.25, 0.3) is 4.85 Å². The van der Waals surface area contributed by atoms with Crippen molar-refractivity contribution in [1.29, 1.82) is 0 Å². The lowest BCUT2D eigenvalue weighted by atomic mass is 10.1. The molecule has 2 N–H and O–H groups in total. The van der Waals surface area contributed by atoms with Gasteiger partial charge < -0.3 is 15.3 Å². The molecular formula is C18H18FN5O2S. The quantitative estimate of drug-likeness (QED) is 0.738. The zero-order valence-electron chi connectivity index (χ0n) is 14.5. The Morgan fingerprint density at radius 3 is 3.15 bits per heavy atom. The number of hydrogen-bond donors (Lipinski definition) is 2. The van der Waals surface area contributed by atoms with E-state index in [2.05, 4.69) is 15.3 Å².